The van der Waals surface area contributed by atoms with Gasteiger partial charge >= 0.3 is 0 Å². The van der Waals surface area contributed by atoms with E-state index in [4.69, 9.17) is 6.42 Å². The second-order valence-corrected chi connectivity index (χ2v) is 8.50. The molecule has 1 fully saturated rings. The average Bonchev–Trinajstić information content (AvgIpc) is 2.70. The Kier molecular flexibility index (Phi) is 8.34. The van der Waals surface area contributed by atoms with Gasteiger partial charge in [0, 0.05) is 46.1 Å². The highest BCUT2D eigenvalue weighted by molar-refractivity contribution is 7.85. The fourth-order valence-electron chi connectivity index (χ4n) is 3.19. The number of nitrogens with one attached hydrogen (secondary N) is 3. The Morgan fingerprint density at radius 3 is 2.93 bits per heavy atom. The number of carbonyl (C=O) groups excluding carboxylic acids is 1. The van der Waals surface area contributed by atoms with Crippen LogP contribution in [0.1, 0.15) is 38.2 Å². The summed E-state index contributed by atoms with van der Waals surface area (Å²) in [6.45, 7) is 2.06. The summed E-state index contributed by atoms with van der Waals surface area (Å²) in [6.07, 6.45) is 9.33. The topological polar surface area (TPSA) is 82.6 Å². The molecule has 1 amide bonds. The average molecular weight is 389 g/mol. The lowest BCUT2D eigenvalue weighted by molar-refractivity contribution is -0.115. The molecule has 3 N–H and O–H groups in total. The molecule has 0 aliphatic heterocycles. The van der Waals surface area contributed by atoms with E-state index in [1.165, 1.54) is 0 Å². The van der Waals surface area contributed by atoms with E-state index in [2.05, 4.69) is 26.9 Å². The van der Waals surface area contributed by atoms with Crippen molar-refractivity contribution < 1.29 is 9.00 Å². The first-order valence-corrected chi connectivity index (χ1v) is 10.6. The molecule has 3 atom stereocenters. The van der Waals surface area contributed by atoms with Crippen LogP contribution >= 0.6 is 0 Å². The highest BCUT2D eigenvalue weighted by atomic mass is 32.2. The Hall–Kier alpha value is -2.33. The van der Waals surface area contributed by atoms with Gasteiger partial charge in [-0.2, -0.15) is 0 Å². The van der Waals surface area contributed by atoms with Crippen molar-refractivity contribution in [3.8, 4) is 12.3 Å². The van der Waals surface area contributed by atoms with Crippen molar-refractivity contribution in [2.45, 2.75) is 43.9 Å². The van der Waals surface area contributed by atoms with Gasteiger partial charge in [-0.25, -0.2) is 0 Å². The molecule has 0 radical (unpaired) electrons. The Balaban J connectivity index is 1.82. The first-order chi connectivity index (χ1) is 13.0. The molecule has 1 aromatic carbocycles. The zero-order valence-corrected chi connectivity index (χ0v) is 16.8. The Labute approximate surface area is 164 Å². The van der Waals surface area contributed by atoms with Crippen molar-refractivity contribution in [1.29, 1.82) is 0 Å². The maximum absolute atomic E-state index is 12.2. The van der Waals surface area contributed by atoms with Gasteiger partial charge in [-0.3, -0.25) is 14.0 Å². The van der Waals surface area contributed by atoms with Crippen molar-refractivity contribution in [2.75, 3.05) is 24.7 Å². The van der Waals surface area contributed by atoms with Gasteiger partial charge in [0.2, 0.25) is 5.91 Å². The number of anilines is 1. The van der Waals surface area contributed by atoms with Gasteiger partial charge in [-0.05, 0) is 37.5 Å². The number of amides is 1. The molecule has 2 rings (SSSR count). The second kappa shape index (κ2) is 10.7. The van der Waals surface area contributed by atoms with E-state index < -0.39 is 10.8 Å². The molecule has 1 aromatic rings. The first-order valence-electron chi connectivity index (χ1n) is 9.26. The van der Waals surface area contributed by atoms with Crippen LogP contribution in [0.5, 0.6) is 0 Å². The van der Waals surface area contributed by atoms with Gasteiger partial charge in [0.1, 0.15) is 0 Å². The number of rotatable bonds is 6. The number of hydrogen-bond donors (Lipinski definition) is 3. The molecule has 146 valence electrons. The number of guanidine groups is 1. The van der Waals surface area contributed by atoms with Crippen molar-refractivity contribution >= 4 is 28.4 Å². The van der Waals surface area contributed by atoms with Crippen LogP contribution in [-0.2, 0) is 15.6 Å². The number of carbonyl (C=O) groups is 1. The number of nitrogens with zero attached hydrogens (tertiary/aromatic N) is 1. The van der Waals surface area contributed by atoms with Crippen LogP contribution in [0.2, 0.25) is 0 Å². The number of terminal acetylenes is 1. The number of hydrogen-bond acceptors (Lipinski definition) is 3. The summed E-state index contributed by atoms with van der Waals surface area (Å²) in [5, 5.41) is 9.44. The van der Waals surface area contributed by atoms with Crippen LogP contribution in [0, 0.1) is 12.3 Å². The van der Waals surface area contributed by atoms with Gasteiger partial charge in [0.05, 0.1) is 6.54 Å². The van der Waals surface area contributed by atoms with Crippen molar-refractivity contribution in [3.05, 3.63) is 29.8 Å². The highest BCUT2D eigenvalue weighted by Gasteiger charge is 2.26. The zero-order valence-electron chi connectivity index (χ0n) is 16.0. The molecule has 7 heteroatoms. The molecule has 0 bridgehead atoms. The van der Waals surface area contributed by atoms with E-state index in [-0.39, 0.29) is 23.7 Å². The maximum atomic E-state index is 12.2. The largest absolute Gasteiger partial charge is 0.354 e. The lowest BCUT2D eigenvalue weighted by Gasteiger charge is -2.30. The summed E-state index contributed by atoms with van der Waals surface area (Å²) >= 11 is 0. The van der Waals surface area contributed by atoms with Crippen LogP contribution in [0.25, 0.3) is 0 Å². The molecule has 6 nitrogen and oxygen atoms in total. The maximum Gasteiger partial charge on any atom is 0.243 e. The summed E-state index contributed by atoms with van der Waals surface area (Å²) < 4.78 is 12.1. The first kappa shape index (κ1) is 21.0. The van der Waals surface area contributed by atoms with Crippen molar-refractivity contribution in [3.63, 3.8) is 0 Å². The molecular formula is C20H28N4O2S. The van der Waals surface area contributed by atoms with E-state index >= 15 is 0 Å². The normalized spacial score (nSPS) is 21.0. The van der Waals surface area contributed by atoms with E-state index in [0.717, 1.165) is 31.2 Å². The molecule has 1 aliphatic rings. The minimum absolute atomic E-state index is 0.0942. The Morgan fingerprint density at radius 1 is 1.41 bits per heavy atom. The predicted molar refractivity (Wildman–Crippen MR) is 112 cm³/mol. The lowest BCUT2D eigenvalue weighted by atomic mass is 9.95. The highest BCUT2D eigenvalue weighted by Crippen LogP contribution is 2.22. The lowest BCUT2D eigenvalue weighted by Crippen LogP contribution is -2.48. The fourth-order valence-corrected chi connectivity index (χ4v) is 4.54. The monoisotopic (exact) mass is 388 g/mol. The zero-order chi connectivity index (χ0) is 19.6. The van der Waals surface area contributed by atoms with Crippen LogP contribution in [-0.4, -0.2) is 46.7 Å². The summed E-state index contributed by atoms with van der Waals surface area (Å²) in [5.74, 6) is 3.64. The number of benzene rings is 1. The summed E-state index contributed by atoms with van der Waals surface area (Å²) in [4.78, 5) is 16.3. The number of aliphatic imine (C=N–C) groups is 1. The molecule has 0 spiro atoms. The molecular weight excluding hydrogens is 360 g/mol. The van der Waals surface area contributed by atoms with Gasteiger partial charge < -0.3 is 16.0 Å². The van der Waals surface area contributed by atoms with E-state index in [1.807, 2.05) is 13.0 Å². The predicted octanol–water partition coefficient (Wildman–Crippen LogP) is 1.85. The summed E-state index contributed by atoms with van der Waals surface area (Å²) in [7, 11) is 0.909. The molecule has 0 heterocycles. The third-order valence-electron chi connectivity index (χ3n) is 4.58. The summed E-state index contributed by atoms with van der Waals surface area (Å²) in [6, 6.07) is 7.38. The minimum atomic E-state index is -0.766. The smallest absolute Gasteiger partial charge is 0.243 e. The van der Waals surface area contributed by atoms with Crippen LogP contribution < -0.4 is 16.0 Å². The second-order valence-electron chi connectivity index (χ2n) is 6.50. The van der Waals surface area contributed by atoms with E-state index in [0.29, 0.717) is 17.4 Å². The van der Waals surface area contributed by atoms with Crippen LogP contribution in [0.15, 0.2) is 29.3 Å². The Morgan fingerprint density at radius 2 is 2.22 bits per heavy atom. The molecule has 1 aliphatic carbocycles. The van der Waals surface area contributed by atoms with Gasteiger partial charge in [-0.1, -0.05) is 25.3 Å². The van der Waals surface area contributed by atoms with Crippen molar-refractivity contribution in [1.82, 2.24) is 10.6 Å². The van der Waals surface area contributed by atoms with E-state index in [1.54, 1.807) is 25.2 Å². The summed E-state index contributed by atoms with van der Waals surface area (Å²) in [5.41, 5.74) is 1.38. The fraction of sp³-hybridized carbons (Fsp3) is 0.500. The quantitative estimate of drug-likeness (QED) is 0.395. The standard InChI is InChI=1S/C20H28N4O2S/c1-4-15-8-6-9-16(12-15)23-19(25)14-22-20(21-3)24-17-10-7-11-18(13-17)27(26)5-2/h1,6,8-9,12,17-18H,5,7,10-11,13-14H2,2-3H3,(H,23,25)(H2,21,22,24). The van der Waals surface area contributed by atoms with Gasteiger partial charge in [-0.15, -0.1) is 6.42 Å². The molecule has 27 heavy (non-hydrogen) atoms. The molecule has 1 saturated carbocycles. The third-order valence-corrected chi connectivity index (χ3v) is 6.32. The van der Waals surface area contributed by atoms with Gasteiger partial charge in [0.15, 0.2) is 5.96 Å². The van der Waals surface area contributed by atoms with Crippen LogP contribution in [0.3, 0.4) is 0 Å². The third kappa shape index (κ3) is 6.72. The Bertz CT molecular complexity index is 742. The van der Waals surface area contributed by atoms with Gasteiger partial charge in [0.25, 0.3) is 0 Å². The van der Waals surface area contributed by atoms with Crippen LogP contribution in [0.4, 0.5) is 5.69 Å². The van der Waals surface area contributed by atoms with Crippen molar-refractivity contribution in [2.24, 2.45) is 4.99 Å². The minimum Gasteiger partial charge on any atom is -0.354 e. The molecule has 3 unspecified atom stereocenters. The molecule has 0 saturated heterocycles. The van der Waals surface area contributed by atoms with E-state index in [9.17, 15) is 9.00 Å². The molecule has 0 aromatic heterocycles. The SMILES string of the molecule is C#Cc1cccc(NC(=O)CNC(=NC)NC2CCCC(S(=O)CC)C2)c1.